The van der Waals surface area contributed by atoms with Crippen molar-refractivity contribution in [2.45, 2.75) is 56.7 Å². The van der Waals surface area contributed by atoms with Crippen molar-refractivity contribution in [2.24, 2.45) is 11.3 Å². The van der Waals surface area contributed by atoms with Gasteiger partial charge in [-0.05, 0) is 68.3 Å². The van der Waals surface area contributed by atoms with Crippen molar-refractivity contribution in [1.29, 1.82) is 5.26 Å². The van der Waals surface area contributed by atoms with E-state index in [9.17, 15) is 14.4 Å². The fourth-order valence-corrected chi connectivity index (χ4v) is 8.72. The molecule has 4 unspecified atom stereocenters. The first kappa shape index (κ1) is 28.7. The molecule has 1 saturated carbocycles. The Morgan fingerprint density at radius 2 is 2.13 bits per heavy atom. The molecule has 5 heterocycles. The lowest BCUT2D eigenvalue weighted by Gasteiger charge is -2.42. The van der Waals surface area contributed by atoms with E-state index in [0.717, 1.165) is 48.9 Å². The molecule has 6 aliphatic rings. The molecule has 4 fully saturated rings. The van der Waals surface area contributed by atoms with Gasteiger partial charge in [0.1, 0.15) is 12.4 Å². The monoisotopic (exact) mass is 613 g/mol. The summed E-state index contributed by atoms with van der Waals surface area (Å²) >= 11 is 0. The quantitative estimate of drug-likeness (QED) is 0.436. The van der Waals surface area contributed by atoms with Crippen LogP contribution in [0.25, 0.3) is 0 Å². The Morgan fingerprint density at radius 3 is 2.98 bits per heavy atom. The van der Waals surface area contributed by atoms with Gasteiger partial charge in [-0.25, -0.2) is 4.39 Å². The molecule has 1 aromatic carbocycles. The second kappa shape index (κ2) is 11.0. The van der Waals surface area contributed by atoms with Crippen LogP contribution in [0.3, 0.4) is 0 Å². The van der Waals surface area contributed by atoms with Crippen LogP contribution in [0.1, 0.15) is 47.6 Å². The molecule has 236 valence electrons. The maximum atomic E-state index is 13.9. The van der Waals surface area contributed by atoms with Crippen molar-refractivity contribution < 1.29 is 18.7 Å². The smallest absolute Gasteiger partial charge is 0.318 e. The van der Waals surface area contributed by atoms with Gasteiger partial charge in [0.2, 0.25) is 0 Å². The molecule has 10 nitrogen and oxygen atoms in total. The lowest BCUT2D eigenvalue weighted by atomic mass is 9.84. The Bertz CT molecular complexity index is 1590. The molecule has 1 amide bonds. The number of likely N-dealkylation sites (N-methyl/N-ethyl adjacent to an activating group) is 1. The number of nitrogens with zero attached hydrogens (tertiary/aromatic N) is 7. The topological polar surface area (TPSA) is 98.1 Å². The number of likely N-dealkylation sites (tertiary alicyclic amines) is 1. The highest BCUT2D eigenvalue weighted by atomic mass is 19.1. The SMILES string of the molecule is C=C(F)C(=O)N1CCN(c2nc(OCC34CCN(C)C3COC4)nc3c2CCN(c2cccc4c2C2CC2C4)C3)C[C@@H]1CC#N. The molecule has 4 aliphatic heterocycles. The summed E-state index contributed by atoms with van der Waals surface area (Å²) in [6.45, 7) is 8.72. The Morgan fingerprint density at radius 1 is 1.24 bits per heavy atom. The van der Waals surface area contributed by atoms with Crippen LogP contribution in [0.15, 0.2) is 30.6 Å². The highest BCUT2D eigenvalue weighted by Gasteiger charge is 2.51. The van der Waals surface area contributed by atoms with Gasteiger partial charge in [0.05, 0.1) is 44.0 Å². The standard InChI is InChI=1S/C34H40FN7O3/c1-21(35)32(43)42-13-12-41(16-24(42)6-9-36)31-25-7-10-40(28-5-3-4-22-14-23-15-26(23)30(22)28)17-27(25)37-33(38-31)45-20-34-8-11-39(2)29(34)18-44-19-34/h3-5,23-24,26,29H,1,6-8,10-20H2,2H3/t23?,24-,26?,29?,34?/m0/s1. The predicted octanol–water partition coefficient (Wildman–Crippen LogP) is 3.21. The Hall–Kier alpha value is -3.75. The minimum atomic E-state index is -1.00. The fourth-order valence-electron chi connectivity index (χ4n) is 8.72. The normalized spacial score (nSPS) is 29.9. The van der Waals surface area contributed by atoms with Crippen molar-refractivity contribution >= 4 is 17.4 Å². The number of nitriles is 1. The summed E-state index contributed by atoms with van der Waals surface area (Å²) in [5.41, 5.74) is 6.32. The van der Waals surface area contributed by atoms with Crippen LogP contribution in [0.4, 0.5) is 15.9 Å². The molecular formula is C34H40FN7O3. The van der Waals surface area contributed by atoms with E-state index in [1.165, 1.54) is 34.6 Å². The molecule has 3 saturated heterocycles. The van der Waals surface area contributed by atoms with Crippen LogP contribution >= 0.6 is 0 Å². The first-order valence-electron chi connectivity index (χ1n) is 16.3. The van der Waals surface area contributed by atoms with Crippen molar-refractivity contribution in [2.75, 3.05) is 69.4 Å². The van der Waals surface area contributed by atoms with E-state index in [2.05, 4.69) is 52.6 Å². The van der Waals surface area contributed by atoms with Gasteiger partial charge in [-0.3, -0.25) is 4.79 Å². The van der Waals surface area contributed by atoms with Gasteiger partial charge in [-0.15, -0.1) is 0 Å². The lowest BCUT2D eigenvalue weighted by molar-refractivity contribution is -0.131. The number of hydrogen-bond acceptors (Lipinski definition) is 9. The van der Waals surface area contributed by atoms with Crippen LogP contribution in [0.5, 0.6) is 6.01 Å². The average molecular weight is 614 g/mol. The summed E-state index contributed by atoms with van der Waals surface area (Å²) < 4.78 is 26.3. The minimum Gasteiger partial charge on any atom is -0.463 e. The number of anilines is 2. The lowest BCUT2D eigenvalue weighted by Crippen LogP contribution is -2.55. The second-order valence-corrected chi connectivity index (χ2v) is 13.9. The third-order valence-corrected chi connectivity index (χ3v) is 11.3. The summed E-state index contributed by atoms with van der Waals surface area (Å²) in [6, 6.07) is 9.13. The molecule has 0 bridgehead atoms. The van der Waals surface area contributed by atoms with Crippen molar-refractivity contribution in [3.8, 4) is 12.1 Å². The van der Waals surface area contributed by atoms with Crippen molar-refractivity contribution in [3.63, 3.8) is 0 Å². The molecule has 0 radical (unpaired) electrons. The van der Waals surface area contributed by atoms with Crippen molar-refractivity contribution in [3.05, 3.63) is 53.0 Å². The van der Waals surface area contributed by atoms with E-state index < -0.39 is 17.8 Å². The van der Waals surface area contributed by atoms with Crippen molar-refractivity contribution in [1.82, 2.24) is 19.8 Å². The van der Waals surface area contributed by atoms with Gasteiger partial charge < -0.3 is 29.1 Å². The molecule has 45 heavy (non-hydrogen) atoms. The second-order valence-electron chi connectivity index (χ2n) is 13.9. The zero-order chi connectivity index (χ0) is 30.9. The highest BCUT2D eigenvalue weighted by Crippen LogP contribution is 2.59. The predicted molar refractivity (Wildman–Crippen MR) is 166 cm³/mol. The molecule has 5 atom stereocenters. The summed E-state index contributed by atoms with van der Waals surface area (Å²) in [5.74, 6) is 0.550. The van der Waals surface area contributed by atoms with Crippen LogP contribution in [-0.4, -0.2) is 97.4 Å². The fraction of sp³-hybridized carbons (Fsp3) is 0.588. The molecule has 2 aliphatic carbocycles. The van der Waals surface area contributed by atoms with E-state index in [0.29, 0.717) is 57.4 Å². The molecule has 11 heteroatoms. The number of hydrogen-bond donors (Lipinski definition) is 0. The Kier molecular flexibility index (Phi) is 6.99. The number of benzene rings is 1. The third kappa shape index (κ3) is 4.84. The zero-order valence-electron chi connectivity index (χ0n) is 25.9. The molecule has 8 rings (SSSR count). The van der Waals surface area contributed by atoms with Crippen LogP contribution in [0, 0.1) is 22.7 Å². The molecule has 2 aromatic rings. The van der Waals surface area contributed by atoms with Gasteiger partial charge >= 0.3 is 6.01 Å². The number of ether oxygens (including phenoxy) is 2. The van der Waals surface area contributed by atoms with Crippen LogP contribution in [0.2, 0.25) is 0 Å². The average Bonchev–Trinajstić information content (AvgIpc) is 3.36. The summed E-state index contributed by atoms with van der Waals surface area (Å²) in [7, 11) is 2.15. The zero-order valence-corrected chi connectivity index (χ0v) is 25.9. The number of carbonyl (C=O) groups excluding carboxylic acids is 1. The summed E-state index contributed by atoms with van der Waals surface area (Å²) in [6.07, 6.45) is 4.37. The highest BCUT2D eigenvalue weighted by molar-refractivity contribution is 5.91. The molecule has 0 spiro atoms. The van der Waals surface area contributed by atoms with Gasteiger partial charge in [0, 0.05) is 48.9 Å². The number of aromatic nitrogens is 2. The number of piperazine rings is 1. The molecular weight excluding hydrogens is 573 g/mol. The Labute approximate surface area is 263 Å². The van der Waals surface area contributed by atoms with E-state index in [-0.39, 0.29) is 18.4 Å². The van der Waals surface area contributed by atoms with Gasteiger partial charge in [0.15, 0.2) is 5.83 Å². The maximum absolute atomic E-state index is 13.9. The number of fused-ring (bicyclic) bond motifs is 5. The van der Waals surface area contributed by atoms with Gasteiger partial charge in [-0.1, -0.05) is 18.7 Å². The first-order valence-corrected chi connectivity index (χ1v) is 16.3. The summed E-state index contributed by atoms with van der Waals surface area (Å²) in [4.78, 5) is 31.0. The van der Waals surface area contributed by atoms with Crippen LogP contribution in [-0.2, 0) is 28.9 Å². The molecule has 0 N–H and O–H groups in total. The van der Waals surface area contributed by atoms with E-state index in [4.69, 9.17) is 19.4 Å². The summed E-state index contributed by atoms with van der Waals surface area (Å²) in [5, 5.41) is 9.55. The third-order valence-electron chi connectivity index (χ3n) is 11.3. The molecule has 1 aromatic heterocycles. The van der Waals surface area contributed by atoms with Gasteiger partial charge in [0.25, 0.3) is 5.91 Å². The number of halogens is 1. The number of carbonyl (C=O) groups is 1. The Balaban J connectivity index is 1.11. The number of rotatable bonds is 7. The van der Waals surface area contributed by atoms with Crippen LogP contribution < -0.4 is 14.5 Å². The van der Waals surface area contributed by atoms with E-state index in [1.807, 2.05) is 0 Å². The van der Waals surface area contributed by atoms with E-state index >= 15 is 0 Å². The minimum absolute atomic E-state index is 0.0791. The van der Waals surface area contributed by atoms with Gasteiger partial charge in [-0.2, -0.15) is 15.2 Å². The maximum Gasteiger partial charge on any atom is 0.318 e. The number of amides is 1. The largest absolute Gasteiger partial charge is 0.463 e. The first-order chi connectivity index (χ1) is 21.8. The van der Waals surface area contributed by atoms with E-state index in [1.54, 1.807) is 0 Å².